The molecule has 0 saturated carbocycles. The number of nitrogens with one attached hydrogen (secondary N) is 1. The van der Waals surface area contributed by atoms with Crippen LogP contribution in [0.2, 0.25) is 0 Å². The van der Waals surface area contributed by atoms with Gasteiger partial charge in [-0.3, -0.25) is 19.3 Å². The number of aliphatic hydroxyl groups excluding tert-OH is 2. The molecule has 10 heteroatoms. The van der Waals surface area contributed by atoms with Crippen LogP contribution >= 0.6 is 11.3 Å². The number of carbonyl (C=O) groups is 3. The zero-order valence-corrected chi connectivity index (χ0v) is 16.7. The monoisotopic (exact) mass is 413 g/mol. The second kappa shape index (κ2) is 11.1. The number of thiophene rings is 1. The van der Waals surface area contributed by atoms with Gasteiger partial charge in [0.2, 0.25) is 0 Å². The van der Waals surface area contributed by atoms with E-state index in [-0.39, 0.29) is 12.5 Å². The number of hydrogen-bond acceptors (Lipinski definition) is 8. The van der Waals surface area contributed by atoms with Gasteiger partial charge in [-0.15, -0.1) is 11.3 Å². The minimum atomic E-state index is -1.83. The van der Waals surface area contributed by atoms with E-state index < -0.39 is 24.0 Å². The molecule has 2 rings (SSSR count). The van der Waals surface area contributed by atoms with Crippen molar-refractivity contribution in [1.29, 1.82) is 0 Å². The van der Waals surface area contributed by atoms with E-state index in [1.54, 1.807) is 18.3 Å². The highest BCUT2D eigenvalue weighted by atomic mass is 32.1. The number of rotatable bonds is 9. The molecule has 3 N–H and O–H groups in total. The van der Waals surface area contributed by atoms with Crippen LogP contribution in [0.1, 0.15) is 11.8 Å². The minimum Gasteiger partial charge on any atom is -0.465 e. The Hall–Kier alpha value is -2.01. The van der Waals surface area contributed by atoms with Crippen LogP contribution in [0.5, 0.6) is 0 Å². The average Bonchev–Trinajstić information content (AvgIpc) is 3.20. The van der Waals surface area contributed by atoms with Crippen molar-refractivity contribution in [3.63, 3.8) is 0 Å². The van der Waals surface area contributed by atoms with Gasteiger partial charge >= 0.3 is 5.97 Å². The van der Waals surface area contributed by atoms with Crippen LogP contribution < -0.4 is 5.32 Å². The number of nitrogens with zero attached hydrogens (tertiary/aromatic N) is 2. The lowest BCUT2D eigenvalue weighted by Gasteiger charge is -2.35. The van der Waals surface area contributed by atoms with Crippen LogP contribution in [0.15, 0.2) is 17.5 Å². The molecule has 0 bridgehead atoms. The van der Waals surface area contributed by atoms with Crippen molar-refractivity contribution in [2.45, 2.75) is 25.6 Å². The summed E-state index contributed by atoms with van der Waals surface area (Å²) >= 11 is 1.56. The first kappa shape index (κ1) is 22.3. The van der Waals surface area contributed by atoms with Gasteiger partial charge in [-0.2, -0.15) is 0 Å². The maximum absolute atomic E-state index is 12.4. The molecule has 9 nitrogen and oxygen atoms in total. The summed E-state index contributed by atoms with van der Waals surface area (Å²) in [5.41, 5.74) is 0. The Morgan fingerprint density at radius 3 is 2.54 bits per heavy atom. The zero-order chi connectivity index (χ0) is 20.5. The summed E-state index contributed by atoms with van der Waals surface area (Å²) in [6.45, 7) is 3.98. The topological polar surface area (TPSA) is 119 Å². The molecular formula is C18H27N3O6S. The number of hydrogen-bond donors (Lipinski definition) is 3. The molecule has 0 unspecified atom stereocenters. The Morgan fingerprint density at radius 2 is 1.93 bits per heavy atom. The molecule has 1 aliphatic rings. The summed E-state index contributed by atoms with van der Waals surface area (Å²) in [6, 6.07) is 3.85. The van der Waals surface area contributed by atoms with Gasteiger partial charge in [-0.25, -0.2) is 0 Å². The molecule has 1 aliphatic heterocycles. The molecule has 156 valence electrons. The average molecular weight is 413 g/mol. The summed E-state index contributed by atoms with van der Waals surface area (Å²) in [6.07, 6.45) is -3.03. The summed E-state index contributed by atoms with van der Waals surface area (Å²) < 4.78 is 4.89. The van der Waals surface area contributed by atoms with E-state index in [0.29, 0.717) is 45.8 Å². The second-order valence-corrected chi connectivity index (χ2v) is 7.45. The van der Waals surface area contributed by atoms with Crippen molar-refractivity contribution in [1.82, 2.24) is 15.1 Å². The van der Waals surface area contributed by atoms with Gasteiger partial charge in [0.15, 0.2) is 12.2 Å². The maximum Gasteiger partial charge on any atom is 0.320 e. The van der Waals surface area contributed by atoms with E-state index >= 15 is 0 Å². The van der Waals surface area contributed by atoms with E-state index in [9.17, 15) is 24.6 Å². The smallest absolute Gasteiger partial charge is 0.320 e. The standard InChI is InChI=1S/C18H27N3O6S/c1-2-27-14(22)12-20-7-9-21(10-8-20)18(26)16(24)15(23)17(25)19-6-5-13-4-3-11-28-13/h3-4,11,15-16,23-24H,2,5-10,12H2,1H3,(H,19,25)/t15-,16-/m1/s1. The van der Waals surface area contributed by atoms with Crippen molar-refractivity contribution >= 4 is 29.1 Å². The fraction of sp³-hybridized carbons (Fsp3) is 0.611. The van der Waals surface area contributed by atoms with Crippen molar-refractivity contribution in [2.75, 3.05) is 45.9 Å². The zero-order valence-electron chi connectivity index (χ0n) is 15.9. The second-order valence-electron chi connectivity index (χ2n) is 6.42. The number of amides is 2. The van der Waals surface area contributed by atoms with E-state index in [1.165, 1.54) is 4.90 Å². The van der Waals surface area contributed by atoms with Crippen LogP contribution in [-0.2, 0) is 25.5 Å². The summed E-state index contributed by atoms with van der Waals surface area (Å²) in [5.74, 6) is -1.80. The Bertz CT molecular complexity index is 646. The minimum absolute atomic E-state index is 0.147. The van der Waals surface area contributed by atoms with Gasteiger partial charge in [0.05, 0.1) is 13.2 Å². The van der Waals surface area contributed by atoms with Crippen LogP contribution in [0, 0.1) is 0 Å². The molecule has 2 atom stereocenters. The van der Waals surface area contributed by atoms with Gasteiger partial charge < -0.3 is 25.2 Å². The van der Waals surface area contributed by atoms with E-state index in [0.717, 1.165) is 4.88 Å². The van der Waals surface area contributed by atoms with Crippen LogP contribution in [-0.4, -0.2) is 95.9 Å². The molecular weight excluding hydrogens is 386 g/mol. The van der Waals surface area contributed by atoms with Gasteiger partial charge in [0, 0.05) is 37.6 Å². The summed E-state index contributed by atoms with van der Waals surface area (Å²) in [4.78, 5) is 40.2. The van der Waals surface area contributed by atoms with E-state index in [1.807, 2.05) is 22.4 Å². The molecule has 1 saturated heterocycles. The Morgan fingerprint density at radius 1 is 1.21 bits per heavy atom. The SMILES string of the molecule is CCOC(=O)CN1CCN(C(=O)[C@H](O)[C@@H](O)C(=O)NCCc2cccs2)CC1. The highest BCUT2D eigenvalue weighted by molar-refractivity contribution is 7.09. The molecule has 0 spiro atoms. The van der Waals surface area contributed by atoms with Gasteiger partial charge in [-0.05, 0) is 24.8 Å². The molecule has 1 aromatic heterocycles. The van der Waals surface area contributed by atoms with Crippen molar-refractivity contribution < 1.29 is 29.3 Å². The van der Waals surface area contributed by atoms with Crippen molar-refractivity contribution in [2.24, 2.45) is 0 Å². The first-order valence-corrected chi connectivity index (χ1v) is 10.1. The molecule has 28 heavy (non-hydrogen) atoms. The lowest BCUT2D eigenvalue weighted by Crippen LogP contribution is -2.56. The molecule has 0 aromatic carbocycles. The van der Waals surface area contributed by atoms with Gasteiger partial charge in [0.25, 0.3) is 11.8 Å². The van der Waals surface area contributed by atoms with Gasteiger partial charge in [-0.1, -0.05) is 6.07 Å². The third-order valence-corrected chi connectivity index (χ3v) is 5.35. The largest absolute Gasteiger partial charge is 0.465 e. The number of carbonyl (C=O) groups excluding carboxylic acids is 3. The van der Waals surface area contributed by atoms with Gasteiger partial charge in [0.1, 0.15) is 0 Å². The van der Waals surface area contributed by atoms with Crippen LogP contribution in [0.3, 0.4) is 0 Å². The number of piperazine rings is 1. The predicted molar refractivity (Wildman–Crippen MR) is 103 cm³/mol. The first-order valence-electron chi connectivity index (χ1n) is 9.25. The predicted octanol–water partition coefficient (Wildman–Crippen LogP) is -1.16. The van der Waals surface area contributed by atoms with E-state index in [4.69, 9.17) is 4.74 Å². The molecule has 0 aliphatic carbocycles. The maximum atomic E-state index is 12.4. The van der Waals surface area contributed by atoms with E-state index in [2.05, 4.69) is 5.32 Å². The number of aliphatic hydroxyl groups is 2. The molecule has 2 heterocycles. The van der Waals surface area contributed by atoms with Crippen LogP contribution in [0.4, 0.5) is 0 Å². The Balaban J connectivity index is 1.73. The third-order valence-electron chi connectivity index (χ3n) is 4.41. The van der Waals surface area contributed by atoms with Crippen LogP contribution in [0.25, 0.3) is 0 Å². The number of esters is 1. The summed E-state index contributed by atoms with van der Waals surface area (Å²) in [5, 5.41) is 24.5. The quantitative estimate of drug-likeness (QED) is 0.437. The fourth-order valence-electron chi connectivity index (χ4n) is 2.85. The van der Waals surface area contributed by atoms with Crippen molar-refractivity contribution in [3.05, 3.63) is 22.4 Å². The molecule has 1 fully saturated rings. The lowest BCUT2D eigenvalue weighted by molar-refractivity contribution is -0.155. The highest BCUT2D eigenvalue weighted by Crippen LogP contribution is 2.09. The Kier molecular flexibility index (Phi) is 8.84. The highest BCUT2D eigenvalue weighted by Gasteiger charge is 2.34. The molecule has 1 aromatic rings. The van der Waals surface area contributed by atoms with Crippen molar-refractivity contribution in [3.8, 4) is 0 Å². The summed E-state index contributed by atoms with van der Waals surface area (Å²) in [7, 11) is 0. The lowest BCUT2D eigenvalue weighted by atomic mass is 10.1. The Labute approximate surface area is 167 Å². The normalized spacial score (nSPS) is 17.0. The third kappa shape index (κ3) is 6.55. The molecule has 0 radical (unpaired) electrons. The fourth-order valence-corrected chi connectivity index (χ4v) is 3.56. The number of ether oxygens (including phenoxy) is 1. The molecule has 2 amide bonds. The first-order chi connectivity index (χ1) is 13.4.